The maximum atomic E-state index is 11.8. The minimum atomic E-state index is -0.0924. The molecule has 0 aliphatic heterocycles. The predicted octanol–water partition coefficient (Wildman–Crippen LogP) is 2.45. The number of hydrogen-bond donors (Lipinski definition) is 0. The Morgan fingerprint density at radius 1 is 1.53 bits per heavy atom. The molecule has 0 fully saturated rings. The van der Waals surface area contributed by atoms with Crippen molar-refractivity contribution in [2.75, 3.05) is 13.2 Å². The van der Waals surface area contributed by atoms with Gasteiger partial charge in [0, 0.05) is 31.7 Å². The summed E-state index contributed by atoms with van der Waals surface area (Å²) in [5.74, 6) is 0.910. The number of hydrogen-bond acceptors (Lipinski definition) is 3. The molecule has 0 saturated heterocycles. The highest BCUT2D eigenvalue weighted by Gasteiger charge is 2.10. The normalized spacial score (nSPS) is 11.1. The molecule has 1 heterocycles. The van der Waals surface area contributed by atoms with Gasteiger partial charge in [-0.2, -0.15) is 0 Å². The SMILES string of the molecule is CCOCCCn1c(C(C)C)nc(Cl)cc1=O. The van der Waals surface area contributed by atoms with Crippen LogP contribution in [0.5, 0.6) is 0 Å². The number of ether oxygens (including phenoxy) is 1. The molecular formula is C12H19ClN2O2. The van der Waals surface area contributed by atoms with Gasteiger partial charge in [0.15, 0.2) is 0 Å². The predicted molar refractivity (Wildman–Crippen MR) is 68.7 cm³/mol. The Bertz CT molecular complexity index is 415. The minimum Gasteiger partial charge on any atom is -0.382 e. The van der Waals surface area contributed by atoms with E-state index >= 15 is 0 Å². The quantitative estimate of drug-likeness (QED) is 0.582. The van der Waals surface area contributed by atoms with Crippen molar-refractivity contribution < 1.29 is 4.74 Å². The van der Waals surface area contributed by atoms with Crippen molar-refractivity contribution in [1.29, 1.82) is 0 Å². The average Bonchev–Trinajstić information content (AvgIpc) is 2.25. The molecule has 0 aliphatic carbocycles. The van der Waals surface area contributed by atoms with Gasteiger partial charge in [-0.05, 0) is 13.3 Å². The van der Waals surface area contributed by atoms with E-state index in [2.05, 4.69) is 4.98 Å². The first-order valence-corrected chi connectivity index (χ1v) is 6.29. The van der Waals surface area contributed by atoms with Gasteiger partial charge in [0.05, 0.1) is 0 Å². The highest BCUT2D eigenvalue weighted by atomic mass is 35.5. The van der Waals surface area contributed by atoms with Crippen LogP contribution in [0.1, 0.15) is 38.9 Å². The monoisotopic (exact) mass is 258 g/mol. The zero-order chi connectivity index (χ0) is 12.8. The number of nitrogens with zero attached hydrogens (tertiary/aromatic N) is 2. The molecule has 0 amide bonds. The zero-order valence-corrected chi connectivity index (χ0v) is 11.3. The summed E-state index contributed by atoms with van der Waals surface area (Å²) in [6, 6.07) is 1.36. The molecule has 0 saturated carbocycles. The van der Waals surface area contributed by atoms with Gasteiger partial charge >= 0.3 is 0 Å². The molecule has 0 unspecified atom stereocenters. The van der Waals surface area contributed by atoms with Crippen LogP contribution < -0.4 is 5.56 Å². The summed E-state index contributed by atoms with van der Waals surface area (Å²) < 4.78 is 6.93. The molecule has 0 radical (unpaired) electrons. The van der Waals surface area contributed by atoms with Crippen molar-refractivity contribution in [2.45, 2.75) is 39.7 Å². The van der Waals surface area contributed by atoms with Gasteiger partial charge in [-0.15, -0.1) is 0 Å². The Morgan fingerprint density at radius 2 is 2.24 bits per heavy atom. The van der Waals surface area contributed by atoms with Crippen molar-refractivity contribution in [3.63, 3.8) is 0 Å². The molecule has 0 spiro atoms. The lowest BCUT2D eigenvalue weighted by atomic mass is 10.2. The van der Waals surface area contributed by atoms with E-state index in [0.29, 0.717) is 19.8 Å². The molecule has 1 aromatic rings. The van der Waals surface area contributed by atoms with Crippen LogP contribution in [-0.2, 0) is 11.3 Å². The maximum Gasteiger partial charge on any atom is 0.254 e. The summed E-state index contributed by atoms with van der Waals surface area (Å²) in [4.78, 5) is 16.0. The van der Waals surface area contributed by atoms with Crippen LogP contribution >= 0.6 is 11.6 Å². The lowest BCUT2D eigenvalue weighted by molar-refractivity contribution is 0.141. The number of aromatic nitrogens is 2. The van der Waals surface area contributed by atoms with Crippen LogP contribution in [0.2, 0.25) is 5.15 Å². The standard InChI is InChI=1S/C12H19ClN2O2/c1-4-17-7-5-6-15-11(16)8-10(13)14-12(15)9(2)3/h8-9H,4-7H2,1-3H3. The first-order valence-electron chi connectivity index (χ1n) is 5.91. The van der Waals surface area contributed by atoms with E-state index in [-0.39, 0.29) is 16.6 Å². The highest BCUT2D eigenvalue weighted by molar-refractivity contribution is 6.29. The van der Waals surface area contributed by atoms with Crippen LogP contribution in [0.15, 0.2) is 10.9 Å². The van der Waals surface area contributed by atoms with Gasteiger partial charge in [-0.3, -0.25) is 9.36 Å². The van der Waals surface area contributed by atoms with Crippen molar-refractivity contribution in [3.8, 4) is 0 Å². The van der Waals surface area contributed by atoms with Crippen LogP contribution in [0.25, 0.3) is 0 Å². The average molecular weight is 259 g/mol. The van der Waals surface area contributed by atoms with Crippen LogP contribution in [-0.4, -0.2) is 22.8 Å². The maximum absolute atomic E-state index is 11.8. The van der Waals surface area contributed by atoms with Gasteiger partial charge in [0.2, 0.25) is 0 Å². The second kappa shape index (κ2) is 6.77. The summed E-state index contributed by atoms with van der Waals surface area (Å²) in [5, 5.41) is 0.264. The Kier molecular flexibility index (Phi) is 5.65. The van der Waals surface area contributed by atoms with E-state index in [1.165, 1.54) is 6.07 Å². The fourth-order valence-electron chi connectivity index (χ4n) is 1.63. The summed E-state index contributed by atoms with van der Waals surface area (Å²) in [5.41, 5.74) is -0.0924. The Labute approximate surface area is 107 Å². The zero-order valence-electron chi connectivity index (χ0n) is 10.6. The molecule has 4 nitrogen and oxygen atoms in total. The van der Waals surface area contributed by atoms with Crippen molar-refractivity contribution in [2.24, 2.45) is 0 Å². The third-order valence-electron chi connectivity index (χ3n) is 2.40. The van der Waals surface area contributed by atoms with E-state index in [1.54, 1.807) is 4.57 Å². The molecule has 1 rings (SSSR count). The smallest absolute Gasteiger partial charge is 0.254 e. The van der Waals surface area contributed by atoms with Gasteiger partial charge in [-0.25, -0.2) is 4.98 Å². The van der Waals surface area contributed by atoms with Crippen molar-refractivity contribution in [3.05, 3.63) is 27.4 Å². The summed E-state index contributed by atoms with van der Waals surface area (Å²) in [6.45, 7) is 7.92. The van der Waals surface area contributed by atoms with E-state index in [1.807, 2.05) is 20.8 Å². The molecule has 0 N–H and O–H groups in total. The Hall–Kier alpha value is -0.870. The lowest BCUT2D eigenvalue weighted by Gasteiger charge is -2.14. The Morgan fingerprint density at radius 3 is 2.82 bits per heavy atom. The molecule has 96 valence electrons. The van der Waals surface area contributed by atoms with Crippen molar-refractivity contribution >= 4 is 11.6 Å². The minimum absolute atomic E-state index is 0.0924. The summed E-state index contributed by atoms with van der Waals surface area (Å²) in [6.07, 6.45) is 0.802. The topological polar surface area (TPSA) is 44.1 Å². The van der Waals surface area contributed by atoms with E-state index < -0.39 is 0 Å². The van der Waals surface area contributed by atoms with Crippen LogP contribution in [0.3, 0.4) is 0 Å². The third kappa shape index (κ3) is 4.13. The second-order valence-corrected chi connectivity index (χ2v) is 4.52. The fourth-order valence-corrected chi connectivity index (χ4v) is 1.81. The molecule has 17 heavy (non-hydrogen) atoms. The molecular weight excluding hydrogens is 240 g/mol. The van der Waals surface area contributed by atoms with Gasteiger partial charge in [-0.1, -0.05) is 25.4 Å². The fraction of sp³-hybridized carbons (Fsp3) is 0.667. The number of rotatable bonds is 6. The van der Waals surface area contributed by atoms with Crippen molar-refractivity contribution in [1.82, 2.24) is 9.55 Å². The second-order valence-electron chi connectivity index (χ2n) is 4.13. The van der Waals surface area contributed by atoms with E-state index in [4.69, 9.17) is 16.3 Å². The highest BCUT2D eigenvalue weighted by Crippen LogP contribution is 2.12. The lowest BCUT2D eigenvalue weighted by Crippen LogP contribution is -2.25. The van der Waals surface area contributed by atoms with Gasteiger partial charge in [0.1, 0.15) is 11.0 Å². The summed E-state index contributed by atoms with van der Waals surface area (Å²) >= 11 is 5.80. The summed E-state index contributed by atoms with van der Waals surface area (Å²) in [7, 11) is 0. The Balaban J connectivity index is 2.85. The van der Waals surface area contributed by atoms with Gasteiger partial charge in [0.25, 0.3) is 5.56 Å². The molecule has 0 atom stereocenters. The molecule has 0 aromatic carbocycles. The molecule has 1 aromatic heterocycles. The molecule has 0 aliphatic rings. The molecule has 0 bridgehead atoms. The van der Waals surface area contributed by atoms with E-state index in [0.717, 1.165) is 12.2 Å². The van der Waals surface area contributed by atoms with E-state index in [9.17, 15) is 4.79 Å². The molecule has 5 heteroatoms. The number of halogens is 1. The largest absolute Gasteiger partial charge is 0.382 e. The third-order valence-corrected chi connectivity index (χ3v) is 2.59. The first kappa shape index (κ1) is 14.2. The first-order chi connectivity index (χ1) is 8.06. The van der Waals surface area contributed by atoms with Crippen LogP contribution in [0, 0.1) is 0 Å². The van der Waals surface area contributed by atoms with Crippen LogP contribution in [0.4, 0.5) is 0 Å². The van der Waals surface area contributed by atoms with Gasteiger partial charge < -0.3 is 4.74 Å².